The molecule has 0 radical (unpaired) electrons. The van der Waals surface area contributed by atoms with Gasteiger partial charge in [0.15, 0.2) is 37.7 Å². The van der Waals surface area contributed by atoms with E-state index in [-0.39, 0.29) is 0 Å². The van der Waals surface area contributed by atoms with Crippen LogP contribution in [0.15, 0.2) is 0 Å². The summed E-state index contributed by atoms with van der Waals surface area (Å²) in [4.78, 5) is 0. The third-order valence-electron chi connectivity index (χ3n) is 11.7. The Morgan fingerprint density at radius 1 is 0.270 bits per heavy atom. The van der Waals surface area contributed by atoms with Gasteiger partial charge in [-0.3, -0.25) is 0 Å². The zero-order chi connectivity index (χ0) is 46.2. The predicted octanol–water partition coefficient (Wildman–Crippen LogP) is -12.8. The second-order valence-electron chi connectivity index (χ2n) is 15.9. The molecule has 6 rings (SSSR count). The van der Waals surface area contributed by atoms with E-state index in [4.69, 9.17) is 52.1 Å². The van der Waals surface area contributed by atoms with Crippen LogP contribution in [0.5, 0.6) is 0 Å². The lowest BCUT2D eigenvalue weighted by Crippen LogP contribution is -2.67. The minimum atomic E-state index is -2.22. The summed E-state index contributed by atoms with van der Waals surface area (Å²) in [5, 5.41) is 188. The van der Waals surface area contributed by atoms with E-state index in [1.54, 1.807) is 0 Å². The third-order valence-corrected chi connectivity index (χ3v) is 11.7. The Labute approximate surface area is 355 Å². The Balaban J connectivity index is 1.19. The first-order valence-electron chi connectivity index (χ1n) is 20.0. The average molecular weight is 931 g/mol. The molecule has 0 aromatic carbocycles. The molecule has 63 heavy (non-hydrogen) atoms. The van der Waals surface area contributed by atoms with Gasteiger partial charge in [-0.25, -0.2) is 0 Å². The van der Waals surface area contributed by atoms with Crippen LogP contribution in [-0.4, -0.2) is 304 Å². The van der Waals surface area contributed by atoms with Crippen molar-refractivity contribution in [2.75, 3.05) is 39.6 Å². The molecule has 18 N–H and O–H groups in total. The van der Waals surface area contributed by atoms with Crippen molar-refractivity contribution in [2.45, 2.75) is 172 Å². The number of hydrogen-bond acceptors (Lipinski definition) is 29. The highest BCUT2D eigenvalue weighted by molar-refractivity contribution is 4.99. The molecule has 0 saturated carbocycles. The van der Waals surface area contributed by atoms with Crippen LogP contribution >= 0.6 is 0 Å². The fourth-order valence-corrected chi connectivity index (χ4v) is 7.89. The van der Waals surface area contributed by atoms with Gasteiger partial charge in [0, 0.05) is 0 Å². The van der Waals surface area contributed by atoms with Crippen molar-refractivity contribution in [1.29, 1.82) is 0 Å². The van der Waals surface area contributed by atoms with E-state index < -0.39 is 212 Å². The molecule has 28 atom stereocenters. The molecule has 6 heterocycles. The molecule has 6 aliphatic rings. The lowest BCUT2D eigenvalue weighted by molar-refractivity contribution is -0.390. The summed E-state index contributed by atoms with van der Waals surface area (Å²) >= 11 is 0. The monoisotopic (exact) mass is 930 g/mol. The minimum absolute atomic E-state index is 0.690. The van der Waals surface area contributed by atoms with Crippen molar-refractivity contribution in [1.82, 2.24) is 0 Å². The van der Waals surface area contributed by atoms with Crippen LogP contribution in [0.1, 0.15) is 0 Å². The number of rotatable bonds is 16. The molecule has 29 nitrogen and oxygen atoms in total. The van der Waals surface area contributed by atoms with Crippen molar-refractivity contribution < 1.29 is 144 Å². The van der Waals surface area contributed by atoms with E-state index >= 15 is 0 Å². The van der Waals surface area contributed by atoms with Crippen LogP contribution in [0.3, 0.4) is 0 Å². The fourth-order valence-electron chi connectivity index (χ4n) is 7.89. The number of hydrogen-bond donors (Lipinski definition) is 18. The number of aliphatic hydroxyl groups is 18. The van der Waals surface area contributed by atoms with Crippen LogP contribution in [-0.2, 0) is 52.1 Å². The normalized spacial score (nSPS) is 53.2. The smallest absolute Gasteiger partial charge is 0.187 e. The molecular formula is C34H58O29. The Bertz CT molecular complexity index is 1400. The Morgan fingerprint density at radius 2 is 0.603 bits per heavy atom. The quantitative estimate of drug-likeness (QED) is 0.0683. The fraction of sp³-hybridized carbons (Fsp3) is 1.00. The molecule has 6 saturated heterocycles. The van der Waals surface area contributed by atoms with Crippen molar-refractivity contribution in [3.8, 4) is 0 Å². The summed E-state index contributed by atoms with van der Waals surface area (Å²) < 4.78 is 60.4. The molecule has 0 aromatic heterocycles. The maximum Gasteiger partial charge on any atom is 0.187 e. The summed E-state index contributed by atoms with van der Waals surface area (Å²) in [6, 6.07) is 0. The molecular weight excluding hydrogens is 872 g/mol. The van der Waals surface area contributed by atoms with Gasteiger partial charge in [-0.15, -0.1) is 0 Å². The van der Waals surface area contributed by atoms with E-state index in [0.717, 1.165) is 0 Å². The Morgan fingerprint density at radius 3 is 1.08 bits per heavy atom. The summed E-state index contributed by atoms with van der Waals surface area (Å²) in [6.45, 7) is -4.77. The lowest BCUT2D eigenvalue weighted by atomic mass is 9.95. The molecule has 368 valence electrons. The molecule has 0 amide bonds. The van der Waals surface area contributed by atoms with Crippen LogP contribution in [0.4, 0.5) is 0 Å². The van der Waals surface area contributed by atoms with Crippen molar-refractivity contribution in [3.05, 3.63) is 0 Å². The molecule has 29 heteroatoms. The number of aliphatic hydroxyl groups excluding tert-OH is 18. The summed E-state index contributed by atoms with van der Waals surface area (Å²) in [5.41, 5.74) is 0. The summed E-state index contributed by atoms with van der Waals surface area (Å²) in [7, 11) is 0. The molecule has 6 fully saturated rings. The van der Waals surface area contributed by atoms with Gasteiger partial charge in [0.1, 0.15) is 134 Å². The zero-order valence-corrected chi connectivity index (χ0v) is 32.9. The second-order valence-corrected chi connectivity index (χ2v) is 15.9. The highest BCUT2D eigenvalue weighted by Gasteiger charge is 2.56. The largest absolute Gasteiger partial charge is 0.394 e. The van der Waals surface area contributed by atoms with Crippen molar-refractivity contribution >= 4 is 0 Å². The minimum Gasteiger partial charge on any atom is -0.394 e. The Kier molecular flexibility index (Phi) is 17.8. The van der Waals surface area contributed by atoms with Crippen LogP contribution < -0.4 is 0 Å². The predicted molar refractivity (Wildman–Crippen MR) is 187 cm³/mol. The van der Waals surface area contributed by atoms with Gasteiger partial charge in [-0.2, -0.15) is 0 Å². The second kappa shape index (κ2) is 21.9. The lowest BCUT2D eigenvalue weighted by Gasteiger charge is -2.49. The average Bonchev–Trinajstić information content (AvgIpc) is 3.71. The summed E-state index contributed by atoms with van der Waals surface area (Å²) in [5.74, 6) is 0. The van der Waals surface area contributed by atoms with E-state index in [0.29, 0.717) is 0 Å². The zero-order valence-electron chi connectivity index (χ0n) is 32.9. The third kappa shape index (κ3) is 10.6. The van der Waals surface area contributed by atoms with Gasteiger partial charge in [0.05, 0.1) is 39.6 Å². The maximum absolute atomic E-state index is 11.6. The van der Waals surface area contributed by atoms with Gasteiger partial charge < -0.3 is 144 Å². The SMILES string of the molecule is OC[C@@H]1O[C@@H](OC[C@H]2O[C@H](O[C@H]3[C@H](O)[C@@H](CO[C@@H]4O[C@@H](CO)[C@H](O)[C@H]4O)OC(O)[C@@H]3O)[C@H](O)[C@@H](O[C@H]3O[C@H](CO)[C@@H](O[C@H]4O[C@H](CO)[C@@H](O)[C@H](O)[C@H]4O)[C@H](O)[C@H]3O)[C@@H]2O)[C@H](O)[C@H]1O. The molecule has 6 aliphatic heterocycles. The van der Waals surface area contributed by atoms with E-state index in [1.807, 2.05) is 0 Å². The van der Waals surface area contributed by atoms with Gasteiger partial charge in [-0.05, 0) is 0 Å². The first kappa shape index (κ1) is 51.2. The van der Waals surface area contributed by atoms with E-state index in [1.165, 1.54) is 0 Å². The van der Waals surface area contributed by atoms with Gasteiger partial charge >= 0.3 is 0 Å². The molecule has 0 bridgehead atoms. The maximum atomic E-state index is 11.6. The van der Waals surface area contributed by atoms with Gasteiger partial charge in [-0.1, -0.05) is 0 Å². The van der Waals surface area contributed by atoms with Crippen LogP contribution in [0.2, 0.25) is 0 Å². The van der Waals surface area contributed by atoms with Gasteiger partial charge in [0.25, 0.3) is 0 Å². The Hall–Kier alpha value is -1.16. The highest BCUT2D eigenvalue weighted by Crippen LogP contribution is 2.35. The van der Waals surface area contributed by atoms with Gasteiger partial charge in [0.2, 0.25) is 0 Å². The van der Waals surface area contributed by atoms with E-state index in [9.17, 15) is 91.9 Å². The first-order chi connectivity index (χ1) is 29.9. The first-order valence-corrected chi connectivity index (χ1v) is 20.0. The van der Waals surface area contributed by atoms with Crippen LogP contribution in [0.25, 0.3) is 0 Å². The summed E-state index contributed by atoms with van der Waals surface area (Å²) in [6.07, 6.45) is -51.0. The van der Waals surface area contributed by atoms with Crippen molar-refractivity contribution in [3.63, 3.8) is 0 Å². The van der Waals surface area contributed by atoms with Crippen LogP contribution in [0, 0.1) is 0 Å². The number of ether oxygens (including phenoxy) is 11. The highest BCUT2D eigenvalue weighted by atomic mass is 16.8. The van der Waals surface area contributed by atoms with E-state index in [2.05, 4.69) is 0 Å². The topological polar surface area (TPSA) is 466 Å². The van der Waals surface area contributed by atoms with Crippen molar-refractivity contribution in [2.24, 2.45) is 0 Å². The molecule has 0 aliphatic carbocycles. The standard InChI is InChI=1S/C34H58O29/c35-1-7-13(39)18(44)22(48)32(58-7)61-26-10(4-38)59-33(23(49)19(26)45)63-28-17(43)12(6-54-31-21(47)15(41)9(3-37)57-31)60-34(25(28)51)62-27-16(42)11(55-29(52)24(27)50)5-53-30-20(46)14(40)8(2-36)56-30/h7-52H,1-6H2/t7-,8+,9+,10-,11-,12-,13-,14+,15+,16-,17-,18+,19-,20-,21-,22-,23-,24-,25-,26-,27+,28+,29?,30-,31-,32-,33-,34-/m1/s1. The molecule has 0 spiro atoms. The molecule has 1 unspecified atom stereocenters. The molecule has 0 aromatic rings.